The molecule has 0 fully saturated rings. The number of amides is 1. The molecule has 1 N–H and O–H groups in total. The van der Waals surface area contributed by atoms with Gasteiger partial charge >= 0.3 is 5.97 Å². The van der Waals surface area contributed by atoms with E-state index in [1.54, 1.807) is 18.2 Å². The zero-order valence-electron chi connectivity index (χ0n) is 14.7. The smallest absolute Gasteiger partial charge is 0.328 e. The molecule has 0 heterocycles. The summed E-state index contributed by atoms with van der Waals surface area (Å²) in [5.74, 6) is -2.31. The summed E-state index contributed by atoms with van der Waals surface area (Å²) in [6.45, 7) is 0. The molecule has 0 aliphatic heterocycles. The molecule has 144 valence electrons. The third-order valence-electron chi connectivity index (χ3n) is 3.76. The number of nitrogens with one attached hydrogen (secondary N) is 1. The summed E-state index contributed by atoms with van der Waals surface area (Å²) in [4.78, 5) is 24.2. The van der Waals surface area contributed by atoms with Gasteiger partial charge in [0.25, 0.3) is 0 Å². The van der Waals surface area contributed by atoms with Crippen molar-refractivity contribution >= 4 is 23.5 Å². The summed E-state index contributed by atoms with van der Waals surface area (Å²) >= 11 is 6.07. The molecule has 0 spiro atoms. The third-order valence-corrected chi connectivity index (χ3v) is 4.06. The average molecular weight is 398 g/mol. The van der Waals surface area contributed by atoms with E-state index < -0.39 is 29.6 Å². The topological polar surface area (TPSA) is 64.6 Å². The van der Waals surface area contributed by atoms with Gasteiger partial charge in [0.05, 0.1) is 25.7 Å². The van der Waals surface area contributed by atoms with Crippen molar-refractivity contribution in [2.24, 2.45) is 0 Å². The predicted molar refractivity (Wildman–Crippen MR) is 95.7 cm³/mol. The number of methoxy groups -OCH3 is 2. The van der Waals surface area contributed by atoms with Gasteiger partial charge in [0.1, 0.15) is 23.4 Å². The number of hydrogen-bond acceptors (Lipinski definition) is 4. The Morgan fingerprint density at radius 2 is 1.74 bits per heavy atom. The zero-order chi connectivity index (χ0) is 20.0. The van der Waals surface area contributed by atoms with E-state index in [0.29, 0.717) is 22.4 Å². The van der Waals surface area contributed by atoms with Crippen LogP contribution in [-0.2, 0) is 27.2 Å². The molecule has 0 aliphatic rings. The molecule has 0 radical (unpaired) electrons. The van der Waals surface area contributed by atoms with Gasteiger partial charge in [-0.2, -0.15) is 0 Å². The summed E-state index contributed by atoms with van der Waals surface area (Å²) in [6, 6.07) is 6.80. The van der Waals surface area contributed by atoms with Crippen molar-refractivity contribution in [2.45, 2.75) is 18.9 Å². The molecule has 1 atom stereocenters. The summed E-state index contributed by atoms with van der Waals surface area (Å²) in [5, 5.41) is 2.88. The number of ether oxygens (including phenoxy) is 2. The second-order valence-corrected chi connectivity index (χ2v) is 6.18. The quantitative estimate of drug-likeness (QED) is 0.729. The summed E-state index contributed by atoms with van der Waals surface area (Å²) in [5.41, 5.74) is 0.828. The van der Waals surface area contributed by atoms with Crippen LogP contribution in [-0.4, -0.2) is 32.1 Å². The van der Waals surface area contributed by atoms with E-state index >= 15 is 0 Å². The molecule has 0 aromatic heterocycles. The molecule has 2 rings (SSSR count). The monoisotopic (exact) mass is 397 g/mol. The van der Waals surface area contributed by atoms with Crippen LogP contribution in [0.25, 0.3) is 0 Å². The van der Waals surface area contributed by atoms with E-state index in [9.17, 15) is 18.4 Å². The Bertz CT molecular complexity index is 824. The van der Waals surface area contributed by atoms with E-state index in [0.717, 1.165) is 12.1 Å². The van der Waals surface area contributed by atoms with Gasteiger partial charge in [-0.15, -0.1) is 0 Å². The fraction of sp³-hybridized carbons (Fsp3) is 0.263. The van der Waals surface area contributed by atoms with Crippen LogP contribution in [0, 0.1) is 11.6 Å². The molecule has 0 saturated heterocycles. The first-order valence-electron chi connectivity index (χ1n) is 7.97. The molecule has 0 bridgehead atoms. The SMILES string of the molecule is COC(=O)[C@H](Cc1ccc(OC)c(Cl)c1)NC(=O)Cc1cc(F)cc(F)c1. The number of carbonyl (C=O) groups is 2. The van der Waals surface area contributed by atoms with Gasteiger partial charge in [-0.05, 0) is 35.4 Å². The Kier molecular flexibility index (Phi) is 7.12. The molecule has 8 heteroatoms. The lowest BCUT2D eigenvalue weighted by atomic mass is 10.0. The van der Waals surface area contributed by atoms with Crippen LogP contribution in [0.4, 0.5) is 8.78 Å². The van der Waals surface area contributed by atoms with E-state index in [2.05, 4.69) is 5.32 Å². The number of carbonyl (C=O) groups excluding carboxylic acids is 2. The van der Waals surface area contributed by atoms with Crippen LogP contribution in [0.5, 0.6) is 5.75 Å². The van der Waals surface area contributed by atoms with Crippen molar-refractivity contribution in [3.63, 3.8) is 0 Å². The van der Waals surface area contributed by atoms with Gasteiger partial charge in [-0.25, -0.2) is 13.6 Å². The first kappa shape index (κ1) is 20.6. The highest BCUT2D eigenvalue weighted by molar-refractivity contribution is 6.32. The van der Waals surface area contributed by atoms with Crippen LogP contribution >= 0.6 is 11.6 Å². The Morgan fingerprint density at radius 1 is 1.07 bits per heavy atom. The highest BCUT2D eigenvalue weighted by Crippen LogP contribution is 2.25. The normalized spacial score (nSPS) is 11.6. The van der Waals surface area contributed by atoms with Crippen molar-refractivity contribution in [1.29, 1.82) is 0 Å². The van der Waals surface area contributed by atoms with E-state index in [-0.39, 0.29) is 18.4 Å². The standard InChI is InChI=1S/C19H18ClF2NO4/c1-26-17-4-3-11(7-15(17)20)8-16(19(25)27-2)23-18(24)9-12-5-13(21)10-14(22)6-12/h3-7,10,16H,8-9H2,1-2H3,(H,23,24)/t16-/m0/s1. The van der Waals surface area contributed by atoms with Gasteiger partial charge in [0, 0.05) is 12.5 Å². The summed E-state index contributed by atoms with van der Waals surface area (Å²) in [6.07, 6.45) is -0.162. The maximum absolute atomic E-state index is 13.2. The van der Waals surface area contributed by atoms with Gasteiger partial charge in [-0.3, -0.25) is 4.79 Å². The molecule has 5 nitrogen and oxygen atoms in total. The fourth-order valence-corrected chi connectivity index (χ4v) is 2.83. The molecule has 2 aromatic rings. The summed E-state index contributed by atoms with van der Waals surface area (Å²) in [7, 11) is 2.68. The molecule has 2 aromatic carbocycles. The third kappa shape index (κ3) is 5.92. The second kappa shape index (κ2) is 9.32. The van der Waals surface area contributed by atoms with Gasteiger partial charge in [0.15, 0.2) is 0 Å². The highest BCUT2D eigenvalue weighted by atomic mass is 35.5. The number of esters is 1. The van der Waals surface area contributed by atoms with Crippen molar-refractivity contribution in [3.05, 3.63) is 64.2 Å². The van der Waals surface area contributed by atoms with Crippen LogP contribution in [0.2, 0.25) is 5.02 Å². The maximum Gasteiger partial charge on any atom is 0.328 e. The van der Waals surface area contributed by atoms with E-state index in [1.807, 2.05) is 0 Å². The van der Waals surface area contributed by atoms with Gasteiger partial charge in [0.2, 0.25) is 5.91 Å². The first-order valence-corrected chi connectivity index (χ1v) is 8.34. The van der Waals surface area contributed by atoms with E-state index in [4.69, 9.17) is 21.1 Å². The first-order chi connectivity index (χ1) is 12.8. The fourth-order valence-electron chi connectivity index (χ4n) is 2.55. The molecule has 0 aliphatic carbocycles. The van der Waals surface area contributed by atoms with E-state index in [1.165, 1.54) is 14.2 Å². The molecular formula is C19H18ClF2NO4. The van der Waals surface area contributed by atoms with Crippen molar-refractivity contribution < 1.29 is 27.8 Å². The van der Waals surface area contributed by atoms with Gasteiger partial charge in [-0.1, -0.05) is 17.7 Å². The Hall–Kier alpha value is -2.67. The lowest BCUT2D eigenvalue weighted by Crippen LogP contribution is -2.43. The molecule has 1 amide bonds. The van der Waals surface area contributed by atoms with Crippen molar-refractivity contribution in [3.8, 4) is 5.75 Å². The lowest BCUT2D eigenvalue weighted by molar-refractivity contribution is -0.145. The van der Waals surface area contributed by atoms with Crippen LogP contribution in [0.1, 0.15) is 11.1 Å². The molecular weight excluding hydrogens is 380 g/mol. The number of benzene rings is 2. The van der Waals surface area contributed by atoms with Gasteiger partial charge < -0.3 is 14.8 Å². The Labute approximate surface area is 160 Å². The minimum absolute atomic E-state index is 0.125. The average Bonchev–Trinajstić information content (AvgIpc) is 2.59. The van der Waals surface area contributed by atoms with Crippen molar-refractivity contribution in [2.75, 3.05) is 14.2 Å². The second-order valence-electron chi connectivity index (χ2n) is 5.77. The Balaban J connectivity index is 2.10. The summed E-state index contributed by atoms with van der Waals surface area (Å²) < 4.78 is 36.3. The molecule has 0 saturated carbocycles. The number of halogens is 3. The minimum atomic E-state index is -0.981. The minimum Gasteiger partial charge on any atom is -0.495 e. The Morgan fingerprint density at radius 3 is 2.30 bits per heavy atom. The number of rotatable bonds is 7. The highest BCUT2D eigenvalue weighted by Gasteiger charge is 2.22. The van der Waals surface area contributed by atoms with Crippen LogP contribution in [0.15, 0.2) is 36.4 Å². The predicted octanol–water partition coefficient (Wildman–Crippen LogP) is 3.07. The largest absolute Gasteiger partial charge is 0.495 e. The van der Waals surface area contributed by atoms with Crippen LogP contribution in [0.3, 0.4) is 0 Å². The van der Waals surface area contributed by atoms with Crippen LogP contribution < -0.4 is 10.1 Å². The van der Waals surface area contributed by atoms with Crippen molar-refractivity contribution in [1.82, 2.24) is 5.32 Å². The number of hydrogen-bond donors (Lipinski definition) is 1. The zero-order valence-corrected chi connectivity index (χ0v) is 15.5. The lowest BCUT2D eigenvalue weighted by Gasteiger charge is -2.17. The molecule has 0 unspecified atom stereocenters. The molecule has 27 heavy (non-hydrogen) atoms. The maximum atomic E-state index is 13.2.